The van der Waals surface area contributed by atoms with Crippen molar-refractivity contribution in [2.45, 2.75) is 31.9 Å². The van der Waals surface area contributed by atoms with E-state index < -0.39 is 5.95 Å². The highest BCUT2D eigenvalue weighted by molar-refractivity contribution is 5.58. The van der Waals surface area contributed by atoms with Crippen LogP contribution in [0, 0.1) is 5.95 Å². The van der Waals surface area contributed by atoms with E-state index in [2.05, 4.69) is 36.7 Å². The summed E-state index contributed by atoms with van der Waals surface area (Å²) in [5.41, 5.74) is 2.83. The molecule has 0 aliphatic carbocycles. The van der Waals surface area contributed by atoms with E-state index >= 15 is 0 Å². The molecule has 2 unspecified atom stereocenters. The van der Waals surface area contributed by atoms with Gasteiger partial charge in [-0.25, -0.2) is 24.9 Å². The topological polar surface area (TPSA) is 80.2 Å². The molecule has 160 valence electrons. The summed E-state index contributed by atoms with van der Waals surface area (Å²) >= 11 is 0. The molecule has 5 rings (SSSR count). The Bertz CT molecular complexity index is 1080. The van der Waals surface area contributed by atoms with Crippen molar-refractivity contribution in [3.8, 4) is 11.6 Å². The third kappa shape index (κ3) is 3.81. The third-order valence-corrected chi connectivity index (χ3v) is 6.08. The van der Waals surface area contributed by atoms with E-state index in [1.807, 2.05) is 12.3 Å². The molecule has 3 aromatic heterocycles. The van der Waals surface area contributed by atoms with Crippen molar-refractivity contribution in [2.75, 3.05) is 36.5 Å². The SMILES string of the molecule is COC1CCN(c2cc(F)nc(N3CCc4nc(-c5ncccn5)ncc4C3C)c2)C1. The summed E-state index contributed by atoms with van der Waals surface area (Å²) in [5.74, 6) is 1.19. The second-order valence-corrected chi connectivity index (χ2v) is 7.89. The number of halogens is 1. The lowest BCUT2D eigenvalue weighted by molar-refractivity contribution is 0.121. The molecule has 2 aliphatic heterocycles. The first-order chi connectivity index (χ1) is 15.1. The summed E-state index contributed by atoms with van der Waals surface area (Å²) in [6.45, 7) is 4.37. The monoisotopic (exact) mass is 421 g/mol. The lowest BCUT2D eigenvalue weighted by Crippen LogP contribution is -2.35. The molecule has 0 N–H and O–H groups in total. The van der Waals surface area contributed by atoms with Gasteiger partial charge in [0.2, 0.25) is 5.95 Å². The highest BCUT2D eigenvalue weighted by Gasteiger charge is 2.29. The van der Waals surface area contributed by atoms with Gasteiger partial charge < -0.3 is 14.5 Å². The molecule has 2 aliphatic rings. The van der Waals surface area contributed by atoms with Crippen molar-refractivity contribution in [2.24, 2.45) is 0 Å². The van der Waals surface area contributed by atoms with Crippen LogP contribution in [0.3, 0.4) is 0 Å². The zero-order valence-electron chi connectivity index (χ0n) is 17.6. The molecule has 31 heavy (non-hydrogen) atoms. The second-order valence-electron chi connectivity index (χ2n) is 7.89. The normalized spacial score (nSPS) is 20.7. The molecule has 8 nitrogen and oxygen atoms in total. The molecule has 0 radical (unpaired) electrons. The fourth-order valence-electron chi connectivity index (χ4n) is 4.35. The van der Waals surface area contributed by atoms with Gasteiger partial charge in [-0.3, -0.25) is 0 Å². The van der Waals surface area contributed by atoms with Gasteiger partial charge >= 0.3 is 0 Å². The van der Waals surface area contributed by atoms with E-state index in [1.165, 1.54) is 6.07 Å². The molecular formula is C22H24FN7O. The summed E-state index contributed by atoms with van der Waals surface area (Å²) in [6.07, 6.45) is 7.02. The van der Waals surface area contributed by atoms with Crippen LogP contribution >= 0.6 is 0 Å². The van der Waals surface area contributed by atoms with Crippen molar-refractivity contribution in [3.63, 3.8) is 0 Å². The van der Waals surface area contributed by atoms with Crippen LogP contribution in [0.25, 0.3) is 11.6 Å². The van der Waals surface area contributed by atoms with Gasteiger partial charge in [-0.05, 0) is 19.4 Å². The summed E-state index contributed by atoms with van der Waals surface area (Å²) in [4.78, 5) is 26.1. The summed E-state index contributed by atoms with van der Waals surface area (Å²) in [6, 6.07) is 5.20. The Kier molecular flexibility index (Phi) is 5.19. The quantitative estimate of drug-likeness (QED) is 0.595. The van der Waals surface area contributed by atoms with Gasteiger partial charge in [0.15, 0.2) is 11.6 Å². The van der Waals surface area contributed by atoms with Gasteiger partial charge in [0.25, 0.3) is 0 Å². The van der Waals surface area contributed by atoms with Crippen molar-refractivity contribution >= 4 is 11.5 Å². The molecular weight excluding hydrogens is 397 g/mol. The van der Waals surface area contributed by atoms with Crippen LogP contribution in [0.5, 0.6) is 0 Å². The van der Waals surface area contributed by atoms with E-state index in [1.54, 1.807) is 25.6 Å². The Hall–Kier alpha value is -3.20. The Morgan fingerprint density at radius 3 is 2.68 bits per heavy atom. The summed E-state index contributed by atoms with van der Waals surface area (Å²) < 4.78 is 19.9. The molecule has 1 saturated heterocycles. The minimum absolute atomic E-state index is 0.0260. The van der Waals surface area contributed by atoms with Crippen molar-refractivity contribution in [1.29, 1.82) is 0 Å². The van der Waals surface area contributed by atoms with Crippen LogP contribution in [0.15, 0.2) is 36.8 Å². The largest absolute Gasteiger partial charge is 0.380 e. The van der Waals surface area contributed by atoms with Crippen molar-refractivity contribution in [3.05, 3.63) is 54.0 Å². The van der Waals surface area contributed by atoms with Crippen LogP contribution in [0.2, 0.25) is 0 Å². The van der Waals surface area contributed by atoms with E-state index in [4.69, 9.17) is 9.72 Å². The van der Waals surface area contributed by atoms with Crippen molar-refractivity contribution < 1.29 is 9.13 Å². The Labute approximate surface area is 180 Å². The number of anilines is 2. The van der Waals surface area contributed by atoms with E-state index in [9.17, 15) is 4.39 Å². The summed E-state index contributed by atoms with van der Waals surface area (Å²) in [7, 11) is 1.72. The van der Waals surface area contributed by atoms with Gasteiger partial charge in [-0.2, -0.15) is 4.39 Å². The maximum Gasteiger partial charge on any atom is 0.216 e. The fraction of sp³-hybridized carbons (Fsp3) is 0.409. The maximum absolute atomic E-state index is 14.4. The molecule has 5 heterocycles. The number of pyridine rings is 1. The molecule has 3 aromatic rings. The number of aromatic nitrogens is 5. The number of rotatable bonds is 4. The van der Waals surface area contributed by atoms with Crippen LogP contribution in [-0.4, -0.2) is 57.8 Å². The minimum atomic E-state index is -0.473. The zero-order valence-corrected chi connectivity index (χ0v) is 17.6. The van der Waals surface area contributed by atoms with Crippen LogP contribution < -0.4 is 9.80 Å². The average Bonchev–Trinajstić information content (AvgIpc) is 3.29. The number of hydrogen-bond donors (Lipinski definition) is 0. The highest BCUT2D eigenvalue weighted by atomic mass is 19.1. The Morgan fingerprint density at radius 1 is 1.06 bits per heavy atom. The first kappa shape index (κ1) is 19.7. The molecule has 0 bridgehead atoms. The lowest BCUT2D eigenvalue weighted by Gasteiger charge is -2.36. The number of ether oxygens (including phenoxy) is 1. The predicted octanol–water partition coefficient (Wildman–Crippen LogP) is 2.82. The minimum Gasteiger partial charge on any atom is -0.380 e. The smallest absolute Gasteiger partial charge is 0.216 e. The predicted molar refractivity (Wildman–Crippen MR) is 114 cm³/mol. The first-order valence-electron chi connectivity index (χ1n) is 10.5. The fourth-order valence-corrected chi connectivity index (χ4v) is 4.35. The summed E-state index contributed by atoms with van der Waals surface area (Å²) in [5, 5.41) is 0. The third-order valence-electron chi connectivity index (χ3n) is 6.08. The van der Waals surface area contributed by atoms with Gasteiger partial charge in [0, 0.05) is 75.1 Å². The second kappa shape index (κ2) is 8.14. The van der Waals surface area contributed by atoms with Crippen LogP contribution in [0.1, 0.15) is 30.6 Å². The molecule has 0 saturated carbocycles. The van der Waals surface area contributed by atoms with E-state index in [-0.39, 0.29) is 12.1 Å². The van der Waals surface area contributed by atoms with Crippen molar-refractivity contribution in [1.82, 2.24) is 24.9 Å². The standard InChI is InChI=1S/C22H24FN7O/c1-14-17-12-26-22(21-24-6-3-7-25-21)27-18(17)5-9-30(14)20-11-15(10-19(23)28-20)29-8-4-16(13-29)31-2/h3,6-7,10-12,14,16H,4-5,8-9,13H2,1-2H3. The molecule has 2 atom stereocenters. The van der Waals surface area contributed by atoms with Crippen LogP contribution in [0.4, 0.5) is 15.9 Å². The number of hydrogen-bond acceptors (Lipinski definition) is 8. The first-order valence-corrected chi connectivity index (χ1v) is 10.5. The van der Waals surface area contributed by atoms with Gasteiger partial charge in [0.1, 0.15) is 5.82 Å². The lowest BCUT2D eigenvalue weighted by atomic mass is 9.99. The Balaban J connectivity index is 1.42. The maximum atomic E-state index is 14.4. The average molecular weight is 421 g/mol. The molecule has 0 spiro atoms. The molecule has 1 fully saturated rings. The Morgan fingerprint density at radius 2 is 1.90 bits per heavy atom. The number of nitrogens with zero attached hydrogens (tertiary/aromatic N) is 7. The van der Waals surface area contributed by atoms with Gasteiger partial charge in [0.05, 0.1) is 17.8 Å². The van der Waals surface area contributed by atoms with Gasteiger partial charge in [-0.15, -0.1) is 0 Å². The highest BCUT2D eigenvalue weighted by Crippen LogP contribution is 2.34. The van der Waals surface area contributed by atoms with E-state index in [0.29, 0.717) is 30.4 Å². The number of fused-ring (bicyclic) bond motifs is 1. The molecule has 9 heteroatoms. The zero-order chi connectivity index (χ0) is 21.4. The molecule has 0 aromatic carbocycles. The van der Waals surface area contributed by atoms with E-state index in [0.717, 1.165) is 36.5 Å². The number of methoxy groups -OCH3 is 1. The van der Waals surface area contributed by atoms with Crippen LogP contribution in [-0.2, 0) is 11.2 Å². The molecule has 0 amide bonds. The van der Waals surface area contributed by atoms with Gasteiger partial charge in [-0.1, -0.05) is 0 Å².